The number of aromatic amines is 2. The molecular formula is C41H49N9O4. The number of benzene rings is 4. The number of nitrogens with zero attached hydrogens (tertiary/aromatic N) is 4. The van der Waals surface area contributed by atoms with Gasteiger partial charge in [0, 0.05) is 85.5 Å². The molecule has 282 valence electrons. The SMILES string of the molecule is CN(C)CCNc1ccc(C(=O)N(CCN(C)CCN)C(=O)c2ccc(NCCN(C)C)c3c(=O)c4ccccc4[nH]c23)c2[nH]c3ccccc3c(=O)c12. The van der Waals surface area contributed by atoms with E-state index in [1.54, 1.807) is 60.7 Å². The molecule has 2 amide bonds. The first-order chi connectivity index (χ1) is 26.0. The molecule has 0 saturated heterocycles. The van der Waals surface area contributed by atoms with Gasteiger partial charge in [-0.15, -0.1) is 0 Å². The maximum Gasteiger partial charge on any atom is 0.262 e. The fourth-order valence-corrected chi connectivity index (χ4v) is 6.72. The molecule has 0 aliphatic rings. The zero-order chi connectivity index (χ0) is 38.5. The lowest BCUT2D eigenvalue weighted by molar-refractivity contribution is 0.0605. The summed E-state index contributed by atoms with van der Waals surface area (Å²) in [6.45, 7) is 3.92. The fraction of sp³-hybridized carbons (Fsp3) is 0.317. The van der Waals surface area contributed by atoms with Crippen molar-refractivity contribution in [3.8, 4) is 0 Å². The van der Waals surface area contributed by atoms with E-state index in [1.165, 1.54) is 4.90 Å². The minimum atomic E-state index is -0.582. The van der Waals surface area contributed by atoms with Gasteiger partial charge in [-0.25, -0.2) is 0 Å². The molecule has 0 bridgehead atoms. The van der Waals surface area contributed by atoms with Crippen LogP contribution in [0.5, 0.6) is 0 Å². The lowest BCUT2D eigenvalue weighted by Gasteiger charge is -2.26. The molecular weight excluding hydrogens is 683 g/mol. The number of fused-ring (bicyclic) bond motifs is 4. The van der Waals surface area contributed by atoms with Crippen molar-refractivity contribution in [2.24, 2.45) is 5.73 Å². The van der Waals surface area contributed by atoms with Crippen molar-refractivity contribution >= 4 is 66.8 Å². The van der Waals surface area contributed by atoms with E-state index in [4.69, 9.17) is 5.73 Å². The van der Waals surface area contributed by atoms with Gasteiger partial charge < -0.3 is 41.0 Å². The van der Waals surface area contributed by atoms with Gasteiger partial charge in [-0.1, -0.05) is 24.3 Å². The van der Waals surface area contributed by atoms with E-state index in [0.29, 0.717) is 87.7 Å². The monoisotopic (exact) mass is 731 g/mol. The summed E-state index contributed by atoms with van der Waals surface area (Å²) in [5.41, 5.74) is 8.71. The average Bonchev–Trinajstić information content (AvgIpc) is 3.14. The van der Waals surface area contributed by atoms with Crippen LogP contribution in [0.2, 0.25) is 0 Å². The van der Waals surface area contributed by atoms with Crippen LogP contribution in [-0.4, -0.2) is 129 Å². The first-order valence-electron chi connectivity index (χ1n) is 18.2. The van der Waals surface area contributed by atoms with Crippen LogP contribution < -0.4 is 27.2 Å². The Balaban J connectivity index is 1.52. The number of H-pyrrole nitrogens is 2. The van der Waals surface area contributed by atoms with Crippen LogP contribution in [0, 0.1) is 0 Å². The second kappa shape index (κ2) is 16.6. The third kappa shape index (κ3) is 7.85. The smallest absolute Gasteiger partial charge is 0.262 e. The quantitative estimate of drug-likeness (QED) is 0.0776. The van der Waals surface area contributed by atoms with Crippen molar-refractivity contribution < 1.29 is 9.59 Å². The Kier molecular flexibility index (Phi) is 11.7. The van der Waals surface area contributed by atoms with Crippen molar-refractivity contribution in [3.05, 3.63) is 104 Å². The van der Waals surface area contributed by atoms with Gasteiger partial charge in [-0.3, -0.25) is 24.1 Å². The van der Waals surface area contributed by atoms with Gasteiger partial charge >= 0.3 is 0 Å². The molecule has 6 N–H and O–H groups in total. The number of nitrogens with one attached hydrogen (secondary N) is 4. The third-order valence-corrected chi connectivity index (χ3v) is 9.64. The van der Waals surface area contributed by atoms with E-state index in [-0.39, 0.29) is 28.5 Å². The molecule has 54 heavy (non-hydrogen) atoms. The molecule has 0 fully saturated rings. The van der Waals surface area contributed by atoms with Gasteiger partial charge in [-0.05, 0) is 83.8 Å². The van der Waals surface area contributed by atoms with Gasteiger partial charge in [0.15, 0.2) is 10.9 Å². The topological polar surface area (TPSA) is 163 Å². The van der Waals surface area contributed by atoms with Crippen LogP contribution in [0.25, 0.3) is 43.6 Å². The van der Waals surface area contributed by atoms with Crippen molar-refractivity contribution in [3.63, 3.8) is 0 Å². The summed E-state index contributed by atoms with van der Waals surface area (Å²) in [4.78, 5) is 72.0. The molecule has 0 radical (unpaired) electrons. The Labute approximate surface area is 313 Å². The fourth-order valence-electron chi connectivity index (χ4n) is 6.72. The normalized spacial score (nSPS) is 11.8. The molecule has 2 heterocycles. The van der Waals surface area contributed by atoms with E-state index in [2.05, 4.69) is 20.6 Å². The minimum Gasteiger partial charge on any atom is -0.383 e. The number of hydrogen-bond donors (Lipinski definition) is 5. The van der Waals surface area contributed by atoms with E-state index >= 15 is 0 Å². The highest BCUT2D eigenvalue weighted by Crippen LogP contribution is 2.29. The van der Waals surface area contributed by atoms with Gasteiger partial charge in [0.2, 0.25) is 0 Å². The van der Waals surface area contributed by atoms with Crippen molar-refractivity contribution in [1.29, 1.82) is 0 Å². The highest BCUT2D eigenvalue weighted by atomic mass is 16.2. The number of anilines is 2. The van der Waals surface area contributed by atoms with Gasteiger partial charge in [0.1, 0.15) is 0 Å². The summed E-state index contributed by atoms with van der Waals surface area (Å²) < 4.78 is 0. The maximum absolute atomic E-state index is 14.9. The second-order valence-corrected chi connectivity index (χ2v) is 14.1. The molecule has 0 atom stereocenters. The lowest BCUT2D eigenvalue weighted by Crippen LogP contribution is -2.43. The molecule has 4 aromatic carbocycles. The number of hydrogen-bond acceptors (Lipinski definition) is 10. The number of pyridine rings is 2. The predicted octanol–water partition coefficient (Wildman–Crippen LogP) is 3.80. The summed E-state index contributed by atoms with van der Waals surface area (Å²) in [5.74, 6) is -1.16. The zero-order valence-corrected chi connectivity index (χ0v) is 31.6. The molecule has 0 spiro atoms. The Morgan fingerprint density at radius 2 is 1.04 bits per heavy atom. The number of amides is 2. The van der Waals surface area contributed by atoms with Gasteiger partial charge in [0.05, 0.1) is 32.9 Å². The Morgan fingerprint density at radius 3 is 1.46 bits per heavy atom. The van der Waals surface area contributed by atoms with Gasteiger partial charge in [0.25, 0.3) is 11.8 Å². The number of rotatable bonds is 15. The van der Waals surface area contributed by atoms with Crippen LogP contribution in [-0.2, 0) is 0 Å². The molecule has 13 heteroatoms. The molecule has 0 unspecified atom stereocenters. The number of carbonyl (C=O) groups excluding carboxylic acids is 2. The van der Waals surface area contributed by atoms with E-state index in [0.717, 1.165) is 13.1 Å². The Hall–Kier alpha value is -5.60. The largest absolute Gasteiger partial charge is 0.383 e. The van der Waals surface area contributed by atoms with Crippen LogP contribution in [0.3, 0.4) is 0 Å². The summed E-state index contributed by atoms with van der Waals surface area (Å²) in [6, 6.07) is 21.1. The Bertz CT molecular complexity index is 2290. The average molecular weight is 732 g/mol. The van der Waals surface area contributed by atoms with E-state index in [9.17, 15) is 19.2 Å². The highest BCUT2D eigenvalue weighted by molar-refractivity contribution is 6.20. The summed E-state index contributed by atoms with van der Waals surface area (Å²) in [6.07, 6.45) is 0. The molecule has 2 aromatic heterocycles. The number of likely N-dealkylation sites (N-methyl/N-ethyl adjacent to an activating group) is 3. The molecule has 13 nitrogen and oxygen atoms in total. The number of para-hydroxylation sites is 2. The van der Waals surface area contributed by atoms with Crippen molar-refractivity contribution in [2.75, 3.05) is 98.2 Å². The molecule has 6 aromatic rings. The van der Waals surface area contributed by atoms with E-state index < -0.39 is 11.8 Å². The van der Waals surface area contributed by atoms with Crippen LogP contribution >= 0.6 is 0 Å². The molecule has 0 aliphatic carbocycles. The number of carbonyl (C=O) groups is 2. The Morgan fingerprint density at radius 1 is 0.593 bits per heavy atom. The standard InChI is InChI=1S/C41H49N9O4/c1-47(2)22-19-43-32-16-14-28(36-34(32)38(51)26-10-6-8-12-30(26)45-36)40(53)50(25-24-49(5)21-18-42)41(54)29-15-17-33(44-20-23-48(3)4)35-37(29)46-31-13-9-7-11-27(31)39(35)52/h6-17,43-44H,18-25,42H2,1-5H3,(H,45,51)(H,46,52). The zero-order valence-electron chi connectivity index (χ0n) is 31.6. The number of nitrogens with two attached hydrogens (primary N) is 1. The lowest BCUT2D eigenvalue weighted by atomic mass is 10.0. The second-order valence-electron chi connectivity index (χ2n) is 14.1. The predicted molar refractivity (Wildman–Crippen MR) is 220 cm³/mol. The van der Waals surface area contributed by atoms with Crippen molar-refractivity contribution in [1.82, 2.24) is 29.6 Å². The summed E-state index contributed by atoms with van der Waals surface area (Å²) in [5, 5.41) is 8.39. The van der Waals surface area contributed by atoms with Crippen molar-refractivity contribution in [2.45, 2.75) is 0 Å². The summed E-state index contributed by atoms with van der Waals surface area (Å²) in [7, 11) is 9.74. The number of imide groups is 1. The maximum atomic E-state index is 14.9. The summed E-state index contributed by atoms with van der Waals surface area (Å²) >= 11 is 0. The first kappa shape index (κ1) is 38.1. The third-order valence-electron chi connectivity index (χ3n) is 9.64. The highest BCUT2D eigenvalue weighted by Gasteiger charge is 2.29. The molecule has 0 aliphatic heterocycles. The van der Waals surface area contributed by atoms with Crippen LogP contribution in [0.15, 0.2) is 82.4 Å². The first-order valence-corrected chi connectivity index (χ1v) is 18.2. The van der Waals surface area contributed by atoms with Crippen LogP contribution in [0.4, 0.5) is 11.4 Å². The molecule has 6 rings (SSSR count). The van der Waals surface area contributed by atoms with Crippen LogP contribution in [0.1, 0.15) is 20.7 Å². The number of aromatic nitrogens is 2. The van der Waals surface area contributed by atoms with E-state index in [1.807, 2.05) is 62.1 Å². The molecule has 0 saturated carbocycles. The minimum absolute atomic E-state index is 0.0262. The van der Waals surface area contributed by atoms with Gasteiger partial charge in [-0.2, -0.15) is 0 Å².